The van der Waals surface area contributed by atoms with Gasteiger partial charge in [-0.25, -0.2) is 4.79 Å². The number of hydrogen-bond donors (Lipinski definition) is 2. The maximum Gasteiger partial charge on any atom is 0.328 e. The minimum absolute atomic E-state index is 0.0135. The lowest BCUT2D eigenvalue weighted by Gasteiger charge is -2.21. The summed E-state index contributed by atoms with van der Waals surface area (Å²) < 4.78 is 4.66. The number of methoxy groups -OCH3 is 1. The van der Waals surface area contributed by atoms with Crippen molar-refractivity contribution in [2.24, 2.45) is 5.92 Å². The molecule has 110 valence electrons. The van der Waals surface area contributed by atoms with Crippen molar-refractivity contribution in [3.63, 3.8) is 0 Å². The number of carbonyl (C=O) groups is 3. The number of carboxylic acids is 1. The Kier molecular flexibility index (Phi) is 9.03. The Labute approximate surface area is 117 Å². The van der Waals surface area contributed by atoms with Crippen LogP contribution in [0.4, 0.5) is 0 Å². The van der Waals surface area contributed by atoms with Crippen molar-refractivity contribution in [1.82, 2.24) is 5.32 Å². The fraction of sp³-hybridized carbons (Fsp3) is 0.750. The maximum atomic E-state index is 11.7. The number of hydrogen-bond acceptors (Lipinski definition) is 5. The summed E-state index contributed by atoms with van der Waals surface area (Å²) in [6.07, 6.45) is 0.760. The summed E-state index contributed by atoms with van der Waals surface area (Å²) in [5.41, 5.74) is 0. The number of esters is 1. The van der Waals surface area contributed by atoms with E-state index >= 15 is 0 Å². The molecule has 19 heavy (non-hydrogen) atoms. The van der Waals surface area contributed by atoms with Gasteiger partial charge in [-0.05, 0) is 5.92 Å². The molecular weight excluding hydrogens is 270 g/mol. The molecule has 2 unspecified atom stereocenters. The van der Waals surface area contributed by atoms with Crippen molar-refractivity contribution < 1.29 is 24.2 Å². The predicted octanol–water partition coefficient (Wildman–Crippen LogP) is 0.898. The smallest absolute Gasteiger partial charge is 0.328 e. The summed E-state index contributed by atoms with van der Waals surface area (Å²) in [6.45, 7) is 3.79. The number of aliphatic carboxylic acids is 1. The third-order valence-corrected chi connectivity index (χ3v) is 3.64. The van der Waals surface area contributed by atoms with Crippen molar-refractivity contribution in [1.29, 1.82) is 0 Å². The van der Waals surface area contributed by atoms with E-state index in [9.17, 15) is 14.4 Å². The van der Waals surface area contributed by atoms with Gasteiger partial charge in [0.2, 0.25) is 5.91 Å². The van der Waals surface area contributed by atoms with Crippen LogP contribution in [-0.4, -0.2) is 47.6 Å². The van der Waals surface area contributed by atoms with Crippen LogP contribution in [0.5, 0.6) is 0 Å². The molecule has 0 saturated heterocycles. The van der Waals surface area contributed by atoms with Crippen molar-refractivity contribution >= 4 is 29.6 Å². The predicted molar refractivity (Wildman–Crippen MR) is 73.0 cm³/mol. The first kappa shape index (κ1) is 17.8. The molecule has 0 bridgehead atoms. The normalized spacial score (nSPS) is 13.4. The third-order valence-electron chi connectivity index (χ3n) is 2.68. The zero-order chi connectivity index (χ0) is 14.8. The Hall–Kier alpha value is -1.24. The highest BCUT2D eigenvalue weighted by atomic mass is 32.2. The Bertz CT molecular complexity index is 321. The first-order chi connectivity index (χ1) is 8.92. The molecule has 1 amide bonds. The van der Waals surface area contributed by atoms with Crippen LogP contribution in [0.2, 0.25) is 0 Å². The lowest BCUT2D eigenvalue weighted by atomic mass is 9.99. The van der Waals surface area contributed by atoms with Crippen LogP contribution in [0.3, 0.4) is 0 Å². The summed E-state index contributed by atoms with van der Waals surface area (Å²) in [4.78, 5) is 33.5. The van der Waals surface area contributed by atoms with Gasteiger partial charge in [0.05, 0.1) is 19.3 Å². The average Bonchev–Trinajstić information content (AvgIpc) is 2.39. The van der Waals surface area contributed by atoms with Gasteiger partial charge in [0, 0.05) is 5.75 Å². The standard InChI is InChI=1S/C12H21NO5S/c1-4-8(2)11(12(17)18-3)13-9(14)7-19-6-5-10(15)16/h8,11H,4-7H2,1-3H3,(H,13,14)(H,15,16). The first-order valence-electron chi connectivity index (χ1n) is 6.09. The molecule has 0 aromatic heterocycles. The van der Waals surface area contributed by atoms with E-state index in [1.807, 2.05) is 13.8 Å². The van der Waals surface area contributed by atoms with Gasteiger partial charge in [-0.2, -0.15) is 11.8 Å². The molecule has 2 atom stereocenters. The Morgan fingerprint density at radius 3 is 2.47 bits per heavy atom. The number of ether oxygens (including phenoxy) is 1. The van der Waals surface area contributed by atoms with Gasteiger partial charge >= 0.3 is 11.9 Å². The summed E-state index contributed by atoms with van der Waals surface area (Å²) in [6, 6.07) is -0.650. The van der Waals surface area contributed by atoms with Gasteiger partial charge < -0.3 is 15.2 Å². The quantitative estimate of drug-likeness (QED) is 0.484. The molecule has 0 aliphatic heterocycles. The zero-order valence-electron chi connectivity index (χ0n) is 11.5. The number of thioether (sulfide) groups is 1. The summed E-state index contributed by atoms with van der Waals surface area (Å²) >= 11 is 1.23. The van der Waals surface area contributed by atoms with Crippen LogP contribution in [0.1, 0.15) is 26.7 Å². The van der Waals surface area contributed by atoms with E-state index in [0.29, 0.717) is 5.75 Å². The van der Waals surface area contributed by atoms with Gasteiger partial charge in [0.15, 0.2) is 0 Å². The van der Waals surface area contributed by atoms with Crippen molar-refractivity contribution in [2.75, 3.05) is 18.6 Å². The summed E-state index contributed by atoms with van der Waals surface area (Å²) in [7, 11) is 1.28. The summed E-state index contributed by atoms with van der Waals surface area (Å²) in [5, 5.41) is 11.1. The van der Waals surface area contributed by atoms with Gasteiger partial charge in [0.25, 0.3) is 0 Å². The molecule has 0 aliphatic carbocycles. The van der Waals surface area contributed by atoms with E-state index in [-0.39, 0.29) is 24.0 Å². The van der Waals surface area contributed by atoms with Gasteiger partial charge in [-0.15, -0.1) is 0 Å². The van der Waals surface area contributed by atoms with Crippen LogP contribution in [0.15, 0.2) is 0 Å². The highest BCUT2D eigenvalue weighted by molar-refractivity contribution is 7.99. The minimum Gasteiger partial charge on any atom is -0.481 e. The molecule has 0 rings (SSSR count). The third kappa shape index (κ3) is 7.71. The Morgan fingerprint density at radius 2 is 2.00 bits per heavy atom. The van der Waals surface area contributed by atoms with Crippen LogP contribution >= 0.6 is 11.8 Å². The topological polar surface area (TPSA) is 92.7 Å². The van der Waals surface area contributed by atoms with Crippen molar-refractivity contribution in [3.8, 4) is 0 Å². The SMILES string of the molecule is CCC(C)C(NC(=O)CSCCC(=O)O)C(=O)OC. The molecule has 0 saturated carbocycles. The highest BCUT2D eigenvalue weighted by Gasteiger charge is 2.26. The minimum atomic E-state index is -0.889. The van der Waals surface area contributed by atoms with Crippen LogP contribution in [0.25, 0.3) is 0 Å². The monoisotopic (exact) mass is 291 g/mol. The second-order valence-electron chi connectivity index (χ2n) is 4.15. The van der Waals surface area contributed by atoms with Crippen molar-refractivity contribution in [2.45, 2.75) is 32.7 Å². The Balaban J connectivity index is 4.17. The molecule has 0 spiro atoms. The van der Waals surface area contributed by atoms with E-state index in [0.717, 1.165) is 6.42 Å². The molecular formula is C12H21NO5S. The fourth-order valence-corrected chi connectivity index (χ4v) is 2.07. The van der Waals surface area contributed by atoms with E-state index < -0.39 is 18.0 Å². The number of nitrogens with one attached hydrogen (secondary N) is 1. The van der Waals surface area contributed by atoms with E-state index in [1.165, 1.54) is 18.9 Å². The molecule has 0 heterocycles. The second kappa shape index (κ2) is 9.66. The average molecular weight is 291 g/mol. The van der Waals surface area contributed by atoms with Crippen LogP contribution < -0.4 is 5.32 Å². The van der Waals surface area contributed by atoms with Gasteiger partial charge in [-0.1, -0.05) is 20.3 Å². The number of amides is 1. The highest BCUT2D eigenvalue weighted by Crippen LogP contribution is 2.10. The molecule has 0 radical (unpaired) electrons. The molecule has 2 N–H and O–H groups in total. The molecule has 6 nitrogen and oxygen atoms in total. The second-order valence-corrected chi connectivity index (χ2v) is 5.26. The largest absolute Gasteiger partial charge is 0.481 e. The molecule has 0 aliphatic rings. The van der Waals surface area contributed by atoms with E-state index in [2.05, 4.69) is 10.1 Å². The van der Waals surface area contributed by atoms with Crippen molar-refractivity contribution in [3.05, 3.63) is 0 Å². The van der Waals surface area contributed by atoms with Gasteiger partial charge in [-0.3, -0.25) is 9.59 Å². The molecule has 0 aromatic rings. The first-order valence-corrected chi connectivity index (χ1v) is 7.24. The molecule has 0 aromatic carbocycles. The maximum absolute atomic E-state index is 11.7. The molecule has 0 fully saturated rings. The van der Waals surface area contributed by atoms with E-state index in [4.69, 9.17) is 5.11 Å². The Morgan fingerprint density at radius 1 is 1.37 bits per heavy atom. The fourth-order valence-electron chi connectivity index (χ4n) is 1.34. The number of carbonyl (C=O) groups excluding carboxylic acids is 2. The zero-order valence-corrected chi connectivity index (χ0v) is 12.3. The van der Waals surface area contributed by atoms with E-state index in [1.54, 1.807) is 0 Å². The molecule has 7 heteroatoms. The van der Waals surface area contributed by atoms with Crippen LogP contribution in [0, 0.1) is 5.92 Å². The van der Waals surface area contributed by atoms with Crippen LogP contribution in [-0.2, 0) is 19.1 Å². The lowest BCUT2D eigenvalue weighted by Crippen LogP contribution is -2.46. The van der Waals surface area contributed by atoms with Gasteiger partial charge in [0.1, 0.15) is 6.04 Å². The number of carboxylic acid groups (broad SMARTS) is 1. The summed E-state index contributed by atoms with van der Waals surface area (Å²) in [5.74, 6) is -1.14. The lowest BCUT2D eigenvalue weighted by molar-refractivity contribution is -0.146. The number of rotatable bonds is 9.